The first kappa shape index (κ1) is 10.4. The molecule has 70 valence electrons. The molecule has 0 atom stereocenters. The average Bonchev–Trinajstić information content (AvgIpc) is 2.43. The first-order chi connectivity index (χ1) is 6.15. The second kappa shape index (κ2) is 4.53. The van der Waals surface area contributed by atoms with Crippen LogP contribution in [0.2, 0.25) is 0 Å². The van der Waals surface area contributed by atoms with Gasteiger partial charge in [-0.05, 0) is 13.0 Å². The Bertz CT molecular complexity index is 346. The van der Waals surface area contributed by atoms with Crippen LogP contribution in [-0.2, 0) is 0 Å². The third-order valence-corrected chi connectivity index (χ3v) is 2.84. The number of carboxylic acid groups (broad SMARTS) is 1. The zero-order chi connectivity index (χ0) is 9.84. The van der Waals surface area contributed by atoms with E-state index in [9.17, 15) is 4.79 Å². The Morgan fingerprint density at radius 2 is 2.46 bits per heavy atom. The summed E-state index contributed by atoms with van der Waals surface area (Å²) in [4.78, 5) is 15.1. The highest BCUT2D eigenvalue weighted by Crippen LogP contribution is 2.18. The highest BCUT2D eigenvalue weighted by atomic mass is 79.9. The molecule has 1 aromatic heterocycles. The van der Waals surface area contributed by atoms with Gasteiger partial charge in [0.25, 0.3) is 0 Å². The van der Waals surface area contributed by atoms with Crippen molar-refractivity contribution >= 4 is 39.3 Å². The zero-order valence-corrected chi connectivity index (χ0v) is 9.35. The molecule has 1 heterocycles. The van der Waals surface area contributed by atoms with Crippen LogP contribution >= 0.6 is 27.3 Å². The van der Waals surface area contributed by atoms with E-state index >= 15 is 0 Å². The van der Waals surface area contributed by atoms with Crippen molar-refractivity contribution in [1.82, 2.24) is 4.98 Å². The minimum absolute atomic E-state index is 0.314. The Kier molecular flexibility index (Phi) is 3.62. The fraction of sp³-hybridized carbons (Fsp3) is 0.250. The molecule has 1 aromatic rings. The van der Waals surface area contributed by atoms with Crippen LogP contribution in [0.5, 0.6) is 0 Å². The molecule has 0 fully saturated rings. The fourth-order valence-electron chi connectivity index (χ4n) is 0.832. The number of hydrogen-bond acceptors (Lipinski definition) is 3. The number of nitrogens with zero attached hydrogens (tertiary/aromatic N) is 1. The molecule has 1 N–H and O–H groups in total. The fourth-order valence-corrected chi connectivity index (χ4v) is 1.86. The molecule has 0 radical (unpaired) electrons. The minimum Gasteiger partial charge on any atom is -0.477 e. The van der Waals surface area contributed by atoms with Gasteiger partial charge in [-0.1, -0.05) is 22.0 Å². The molecule has 0 unspecified atom stereocenters. The Hall–Kier alpha value is -0.680. The topological polar surface area (TPSA) is 50.2 Å². The predicted octanol–water partition coefficient (Wildman–Crippen LogP) is 2.56. The maximum Gasteiger partial charge on any atom is 0.347 e. The van der Waals surface area contributed by atoms with Gasteiger partial charge in [-0.25, -0.2) is 9.78 Å². The van der Waals surface area contributed by atoms with Crippen molar-refractivity contribution in [3.63, 3.8) is 0 Å². The average molecular weight is 262 g/mol. The molecule has 5 heteroatoms. The largest absolute Gasteiger partial charge is 0.477 e. The van der Waals surface area contributed by atoms with Gasteiger partial charge in [0.2, 0.25) is 0 Å². The van der Waals surface area contributed by atoms with Crippen LogP contribution in [0.15, 0.2) is 6.08 Å². The molecule has 1 rings (SSSR count). The van der Waals surface area contributed by atoms with Crippen LogP contribution in [0.3, 0.4) is 0 Å². The Balaban J connectivity index is 2.95. The van der Waals surface area contributed by atoms with E-state index in [0.717, 1.165) is 10.3 Å². The molecule has 0 aliphatic carbocycles. The van der Waals surface area contributed by atoms with E-state index in [2.05, 4.69) is 20.9 Å². The van der Waals surface area contributed by atoms with Crippen molar-refractivity contribution in [3.8, 4) is 0 Å². The summed E-state index contributed by atoms with van der Waals surface area (Å²) in [5.41, 5.74) is 0.576. The van der Waals surface area contributed by atoms with E-state index in [4.69, 9.17) is 5.11 Å². The summed E-state index contributed by atoms with van der Waals surface area (Å²) in [5, 5.41) is 10.2. The molecule has 0 aliphatic heterocycles. The van der Waals surface area contributed by atoms with E-state index in [1.165, 1.54) is 11.3 Å². The third-order valence-electron chi connectivity index (χ3n) is 1.36. The van der Waals surface area contributed by atoms with Gasteiger partial charge < -0.3 is 5.11 Å². The van der Waals surface area contributed by atoms with Crippen LogP contribution in [0, 0.1) is 6.92 Å². The first-order valence-corrected chi connectivity index (χ1v) is 5.52. The van der Waals surface area contributed by atoms with Crippen molar-refractivity contribution in [2.75, 3.05) is 5.33 Å². The minimum atomic E-state index is -0.909. The zero-order valence-electron chi connectivity index (χ0n) is 6.95. The molecule has 0 aromatic carbocycles. The van der Waals surface area contributed by atoms with Crippen molar-refractivity contribution in [2.24, 2.45) is 0 Å². The molecule has 0 saturated carbocycles. The Labute approximate surface area is 88.2 Å². The third kappa shape index (κ3) is 2.63. The number of aromatic nitrogens is 1. The van der Waals surface area contributed by atoms with Gasteiger partial charge in [0, 0.05) is 5.33 Å². The smallest absolute Gasteiger partial charge is 0.347 e. The lowest BCUT2D eigenvalue weighted by atomic mass is 10.4. The summed E-state index contributed by atoms with van der Waals surface area (Å²) < 4.78 is 0. The molecule has 0 aliphatic rings. The Morgan fingerprint density at radius 3 is 2.92 bits per heavy atom. The van der Waals surface area contributed by atoms with E-state index in [0.29, 0.717) is 10.6 Å². The van der Waals surface area contributed by atoms with Crippen LogP contribution in [0.25, 0.3) is 6.08 Å². The second-order valence-corrected chi connectivity index (χ2v) is 4.01. The van der Waals surface area contributed by atoms with Gasteiger partial charge in [-0.3, -0.25) is 0 Å². The summed E-state index contributed by atoms with van der Waals surface area (Å²) in [6, 6.07) is 0. The van der Waals surface area contributed by atoms with Gasteiger partial charge >= 0.3 is 5.97 Å². The first-order valence-electron chi connectivity index (χ1n) is 3.58. The van der Waals surface area contributed by atoms with Crippen LogP contribution in [0.1, 0.15) is 20.4 Å². The highest BCUT2D eigenvalue weighted by molar-refractivity contribution is 9.09. The molecule has 0 saturated heterocycles. The van der Waals surface area contributed by atoms with Crippen molar-refractivity contribution in [3.05, 3.63) is 21.7 Å². The molecule has 0 spiro atoms. The van der Waals surface area contributed by atoms with Crippen molar-refractivity contribution in [2.45, 2.75) is 6.92 Å². The van der Waals surface area contributed by atoms with E-state index in [1.54, 1.807) is 13.0 Å². The quantitative estimate of drug-likeness (QED) is 0.851. The standard InChI is InChI=1S/C8H8BrNO2S/c1-5-7(8(11)12)13-6(10-5)3-2-4-9/h2-3H,4H2,1H3,(H,11,12). The van der Waals surface area contributed by atoms with Gasteiger partial charge in [-0.2, -0.15) is 0 Å². The number of halogens is 1. The van der Waals surface area contributed by atoms with Crippen LogP contribution < -0.4 is 0 Å². The van der Waals surface area contributed by atoms with Gasteiger partial charge in [0.15, 0.2) is 0 Å². The summed E-state index contributed by atoms with van der Waals surface area (Å²) >= 11 is 4.42. The SMILES string of the molecule is Cc1nc(C=CCBr)sc1C(=O)O. The lowest BCUT2D eigenvalue weighted by molar-refractivity contribution is 0.0701. The molecule has 0 amide bonds. The van der Waals surface area contributed by atoms with Gasteiger partial charge in [0.1, 0.15) is 9.88 Å². The number of hydrogen-bond donors (Lipinski definition) is 1. The maximum atomic E-state index is 10.6. The monoisotopic (exact) mass is 261 g/mol. The number of thiazole rings is 1. The number of aryl methyl sites for hydroxylation is 1. The maximum absolute atomic E-state index is 10.6. The Morgan fingerprint density at radius 1 is 1.77 bits per heavy atom. The number of rotatable bonds is 3. The number of aromatic carboxylic acids is 1. The lowest BCUT2D eigenvalue weighted by Gasteiger charge is -1.84. The normalized spacial score (nSPS) is 10.9. The van der Waals surface area contributed by atoms with Crippen molar-refractivity contribution < 1.29 is 9.90 Å². The predicted molar refractivity (Wildman–Crippen MR) is 56.6 cm³/mol. The van der Waals surface area contributed by atoms with Crippen molar-refractivity contribution in [1.29, 1.82) is 0 Å². The summed E-state index contributed by atoms with van der Waals surface area (Å²) in [5.74, 6) is -0.909. The second-order valence-electron chi connectivity index (χ2n) is 2.33. The molecule has 0 bridgehead atoms. The molecular weight excluding hydrogens is 254 g/mol. The highest BCUT2D eigenvalue weighted by Gasteiger charge is 2.11. The molecule has 13 heavy (non-hydrogen) atoms. The summed E-state index contributed by atoms with van der Waals surface area (Å²) in [6.45, 7) is 1.70. The van der Waals surface area contributed by atoms with Gasteiger partial charge in [-0.15, -0.1) is 11.3 Å². The van der Waals surface area contributed by atoms with Crippen LogP contribution in [0.4, 0.5) is 0 Å². The number of alkyl halides is 1. The van der Waals surface area contributed by atoms with Gasteiger partial charge in [0.05, 0.1) is 5.69 Å². The van der Waals surface area contributed by atoms with E-state index in [1.807, 2.05) is 6.08 Å². The molecular formula is C8H8BrNO2S. The van der Waals surface area contributed by atoms with E-state index < -0.39 is 5.97 Å². The lowest BCUT2D eigenvalue weighted by Crippen LogP contribution is -1.94. The number of carboxylic acids is 1. The van der Waals surface area contributed by atoms with Crippen LogP contribution in [-0.4, -0.2) is 21.4 Å². The van der Waals surface area contributed by atoms with E-state index in [-0.39, 0.29) is 0 Å². The number of allylic oxidation sites excluding steroid dienone is 1. The summed E-state index contributed by atoms with van der Waals surface area (Å²) in [6.07, 6.45) is 3.68. The molecule has 3 nitrogen and oxygen atoms in total. The summed E-state index contributed by atoms with van der Waals surface area (Å²) in [7, 11) is 0. The number of carbonyl (C=O) groups is 1.